The maximum atomic E-state index is 8.77. The Morgan fingerprint density at radius 3 is 2.42 bits per heavy atom. The monoisotopic (exact) mass is 606 g/mol. The van der Waals surface area contributed by atoms with Crippen molar-refractivity contribution in [3.8, 4) is 16.9 Å². The lowest BCUT2D eigenvalue weighted by Crippen LogP contribution is -2.14. The number of allylic oxidation sites excluding steroid dienone is 1. The van der Waals surface area contributed by atoms with Crippen LogP contribution in [0.5, 0.6) is 5.75 Å². The van der Waals surface area contributed by atoms with Gasteiger partial charge in [-0.15, -0.1) is 0 Å². The zero-order valence-corrected chi connectivity index (χ0v) is 27.2. The fourth-order valence-corrected chi connectivity index (χ4v) is 5.57. The molecule has 238 valence electrons. The lowest BCUT2D eigenvalue weighted by Gasteiger charge is -2.24. The molecule has 0 radical (unpaired) electrons. The number of unbranched alkanes of at least 4 members (excludes halogenated alkanes) is 1. The molecule has 2 aromatic heterocycles. The van der Waals surface area contributed by atoms with Crippen LogP contribution in [0.3, 0.4) is 0 Å². The molecular formula is C40H50N2O3. The van der Waals surface area contributed by atoms with Crippen LogP contribution in [0.1, 0.15) is 68.8 Å². The van der Waals surface area contributed by atoms with Crippen molar-refractivity contribution < 1.29 is 14.6 Å². The minimum Gasteiger partial charge on any atom is -0.494 e. The quantitative estimate of drug-likeness (QED) is 0.102. The van der Waals surface area contributed by atoms with Crippen LogP contribution in [0.2, 0.25) is 0 Å². The van der Waals surface area contributed by atoms with Gasteiger partial charge in [-0.05, 0) is 80.9 Å². The first kappa shape index (κ1) is 34.0. The SMILES string of the molecule is C=C(CO)CCCOCCCCOc1ccccc1.C=Cc1c(/C=C\C)n(C)c2cc(-c3ccc(CC4CCC4)nc3)ccc12. The van der Waals surface area contributed by atoms with E-state index in [4.69, 9.17) is 19.6 Å². The van der Waals surface area contributed by atoms with E-state index < -0.39 is 0 Å². The summed E-state index contributed by atoms with van der Waals surface area (Å²) in [6, 6.07) is 20.9. The number of ether oxygens (including phenoxy) is 2. The van der Waals surface area contributed by atoms with E-state index >= 15 is 0 Å². The second-order valence-electron chi connectivity index (χ2n) is 11.8. The van der Waals surface area contributed by atoms with Gasteiger partial charge in [0, 0.05) is 59.9 Å². The van der Waals surface area contributed by atoms with Crippen LogP contribution in [-0.2, 0) is 18.2 Å². The smallest absolute Gasteiger partial charge is 0.119 e. The van der Waals surface area contributed by atoms with Crippen LogP contribution < -0.4 is 4.74 Å². The third kappa shape index (κ3) is 10.0. The zero-order valence-electron chi connectivity index (χ0n) is 27.2. The highest BCUT2D eigenvalue weighted by Crippen LogP contribution is 2.32. The molecule has 1 saturated carbocycles. The van der Waals surface area contributed by atoms with Crippen LogP contribution in [0.15, 0.2) is 91.7 Å². The summed E-state index contributed by atoms with van der Waals surface area (Å²) in [7, 11) is 2.12. The molecule has 2 aromatic carbocycles. The number of hydrogen-bond donors (Lipinski definition) is 1. The number of benzene rings is 2. The molecule has 2 heterocycles. The number of rotatable bonds is 16. The Morgan fingerprint density at radius 1 is 1.00 bits per heavy atom. The topological polar surface area (TPSA) is 56.5 Å². The van der Waals surface area contributed by atoms with E-state index in [1.807, 2.05) is 49.5 Å². The molecule has 0 atom stereocenters. The van der Waals surface area contributed by atoms with Gasteiger partial charge in [0.05, 0.1) is 13.2 Å². The summed E-state index contributed by atoms with van der Waals surface area (Å²) < 4.78 is 13.3. The van der Waals surface area contributed by atoms with Crippen molar-refractivity contribution in [1.29, 1.82) is 0 Å². The Morgan fingerprint density at radius 2 is 1.76 bits per heavy atom. The standard InChI is InChI=1S/C24H26N2.C16H24O3/c1-4-7-23-21(5-2)22-13-11-18(15-24(22)26(23)3)19-10-12-20(25-16-19)14-17-8-6-9-17;1-15(14-17)8-7-12-18-11-5-6-13-19-16-9-3-2-4-10-16/h4-5,7,10-13,15-17H,2,6,8-9,14H2,1,3H3;2-4,9-10,17H,1,5-8,11-14H2/b7-4-;. The Bertz CT molecular complexity index is 1510. The summed E-state index contributed by atoms with van der Waals surface area (Å²) in [5.74, 6) is 1.78. The summed E-state index contributed by atoms with van der Waals surface area (Å²) in [4.78, 5) is 4.71. The summed E-state index contributed by atoms with van der Waals surface area (Å²) in [5, 5.41) is 10.0. The van der Waals surface area contributed by atoms with Crippen LogP contribution in [0.4, 0.5) is 0 Å². The molecule has 1 aliphatic carbocycles. The number of para-hydroxylation sites is 1. The number of nitrogens with zero attached hydrogens (tertiary/aromatic N) is 2. The van der Waals surface area contributed by atoms with Gasteiger partial charge in [-0.25, -0.2) is 0 Å². The summed E-state index contributed by atoms with van der Waals surface area (Å²) in [5.41, 5.74) is 8.11. The number of pyridine rings is 1. The molecule has 4 aromatic rings. The second-order valence-corrected chi connectivity index (χ2v) is 11.8. The van der Waals surface area contributed by atoms with Crippen LogP contribution in [0, 0.1) is 5.92 Å². The maximum absolute atomic E-state index is 8.77. The van der Waals surface area contributed by atoms with Crippen molar-refractivity contribution in [2.45, 2.75) is 58.3 Å². The van der Waals surface area contributed by atoms with Gasteiger partial charge in [-0.3, -0.25) is 4.98 Å². The van der Waals surface area contributed by atoms with E-state index in [2.05, 4.69) is 67.3 Å². The van der Waals surface area contributed by atoms with E-state index in [1.165, 1.54) is 58.2 Å². The minimum absolute atomic E-state index is 0.0802. The average molecular weight is 607 g/mol. The Kier molecular flexibility index (Phi) is 13.7. The lowest BCUT2D eigenvalue weighted by atomic mass is 9.82. The molecule has 1 fully saturated rings. The van der Waals surface area contributed by atoms with Gasteiger partial charge in [0.25, 0.3) is 0 Å². The molecular weight excluding hydrogens is 556 g/mol. The molecule has 0 bridgehead atoms. The molecule has 5 nitrogen and oxygen atoms in total. The molecule has 45 heavy (non-hydrogen) atoms. The molecule has 0 saturated heterocycles. The predicted octanol–water partition coefficient (Wildman–Crippen LogP) is 9.45. The highest BCUT2D eigenvalue weighted by molar-refractivity contribution is 5.96. The fraction of sp³-hybridized carbons (Fsp3) is 0.375. The third-order valence-corrected chi connectivity index (χ3v) is 8.43. The van der Waals surface area contributed by atoms with Crippen molar-refractivity contribution in [1.82, 2.24) is 9.55 Å². The van der Waals surface area contributed by atoms with Gasteiger partial charge >= 0.3 is 0 Å². The molecule has 1 aliphatic rings. The zero-order chi connectivity index (χ0) is 31.9. The van der Waals surface area contributed by atoms with Crippen molar-refractivity contribution in [2.75, 3.05) is 26.4 Å². The average Bonchev–Trinajstić information content (AvgIpc) is 3.32. The van der Waals surface area contributed by atoms with Crippen LogP contribution in [-0.4, -0.2) is 41.1 Å². The molecule has 0 aliphatic heterocycles. The number of aliphatic hydroxyl groups is 1. The minimum atomic E-state index is 0.0802. The largest absolute Gasteiger partial charge is 0.494 e. The van der Waals surface area contributed by atoms with Gasteiger partial charge in [0.1, 0.15) is 5.75 Å². The number of aryl methyl sites for hydroxylation is 1. The molecule has 5 heteroatoms. The fourth-order valence-electron chi connectivity index (χ4n) is 5.57. The number of fused-ring (bicyclic) bond motifs is 1. The van der Waals surface area contributed by atoms with Gasteiger partial charge in [0.15, 0.2) is 0 Å². The summed E-state index contributed by atoms with van der Waals surface area (Å²) in [6.07, 6.45) is 17.2. The van der Waals surface area contributed by atoms with Crippen molar-refractivity contribution in [3.63, 3.8) is 0 Å². The number of aromatic nitrogens is 2. The first-order chi connectivity index (χ1) is 22.0. The Hall–Kier alpha value is -3.93. The lowest BCUT2D eigenvalue weighted by molar-refractivity contribution is 0.124. The third-order valence-electron chi connectivity index (χ3n) is 8.43. The summed E-state index contributed by atoms with van der Waals surface area (Å²) >= 11 is 0. The first-order valence-corrected chi connectivity index (χ1v) is 16.4. The van der Waals surface area contributed by atoms with Crippen molar-refractivity contribution in [3.05, 3.63) is 109 Å². The maximum Gasteiger partial charge on any atom is 0.119 e. The first-order valence-electron chi connectivity index (χ1n) is 16.4. The van der Waals surface area contributed by atoms with E-state index in [-0.39, 0.29) is 6.61 Å². The molecule has 0 unspecified atom stereocenters. The molecule has 0 amide bonds. The number of aliphatic hydroxyl groups excluding tert-OH is 1. The van der Waals surface area contributed by atoms with Crippen LogP contribution >= 0.6 is 0 Å². The molecule has 1 N–H and O–H groups in total. The second kappa shape index (κ2) is 18.1. The molecule has 5 rings (SSSR count). The van der Waals surface area contributed by atoms with Crippen LogP contribution in [0.25, 0.3) is 34.2 Å². The van der Waals surface area contributed by atoms with Crippen molar-refractivity contribution >= 4 is 23.1 Å². The van der Waals surface area contributed by atoms with Gasteiger partial charge in [-0.1, -0.05) is 86.5 Å². The van der Waals surface area contributed by atoms with E-state index in [0.717, 1.165) is 69.2 Å². The van der Waals surface area contributed by atoms with Crippen molar-refractivity contribution in [2.24, 2.45) is 13.0 Å². The van der Waals surface area contributed by atoms with E-state index in [0.29, 0.717) is 0 Å². The predicted molar refractivity (Wildman–Crippen MR) is 189 cm³/mol. The normalized spacial score (nSPS) is 13.0. The highest BCUT2D eigenvalue weighted by atomic mass is 16.5. The molecule has 0 spiro atoms. The Balaban J connectivity index is 0.000000217. The number of hydrogen-bond acceptors (Lipinski definition) is 4. The highest BCUT2D eigenvalue weighted by Gasteiger charge is 2.18. The van der Waals surface area contributed by atoms with Gasteiger partial charge in [-0.2, -0.15) is 0 Å². The van der Waals surface area contributed by atoms with E-state index in [1.54, 1.807) is 0 Å². The van der Waals surface area contributed by atoms with Gasteiger partial charge in [0.2, 0.25) is 0 Å². The Labute approximate surface area is 269 Å². The summed E-state index contributed by atoms with van der Waals surface area (Å²) in [6.45, 7) is 12.1. The van der Waals surface area contributed by atoms with E-state index in [9.17, 15) is 0 Å². The van der Waals surface area contributed by atoms with Gasteiger partial charge < -0.3 is 19.1 Å².